The highest BCUT2D eigenvalue weighted by Crippen LogP contribution is 2.50. The number of hydrogen-bond acceptors (Lipinski definition) is 3. The molecule has 316 valence electrons. The zero-order valence-electron chi connectivity index (χ0n) is 36.7. The summed E-state index contributed by atoms with van der Waals surface area (Å²) in [5.74, 6) is 0. The molecular weight excluding hydrogens is 813 g/mol. The summed E-state index contributed by atoms with van der Waals surface area (Å²) in [6.45, 7) is 0. The molecule has 1 aromatic heterocycles. The first-order valence-corrected chi connectivity index (χ1v) is 22.8. The molecule has 0 atom stereocenters. The lowest BCUT2D eigenvalue weighted by Gasteiger charge is -2.31. The number of fused-ring (bicyclic) bond motifs is 4. The molecule has 12 aromatic rings. The van der Waals surface area contributed by atoms with E-state index in [9.17, 15) is 0 Å². The first kappa shape index (κ1) is 39.7. The van der Waals surface area contributed by atoms with Crippen LogP contribution in [0, 0.1) is 0 Å². The Kier molecular flexibility index (Phi) is 10.2. The topological polar surface area (TPSA) is 19.6 Å². The molecular formula is C64H44N2O. The van der Waals surface area contributed by atoms with Gasteiger partial charge >= 0.3 is 0 Å². The van der Waals surface area contributed by atoms with Crippen molar-refractivity contribution in [3.05, 3.63) is 267 Å². The number of benzene rings is 11. The Morgan fingerprint density at radius 2 is 0.657 bits per heavy atom. The Bertz CT molecular complexity index is 3670. The molecule has 0 aliphatic heterocycles. The molecule has 0 bridgehead atoms. The molecule has 12 rings (SSSR count). The van der Waals surface area contributed by atoms with E-state index in [1.165, 1.54) is 22.3 Å². The van der Waals surface area contributed by atoms with E-state index in [1.807, 2.05) is 0 Å². The summed E-state index contributed by atoms with van der Waals surface area (Å²) in [5, 5.41) is 4.40. The van der Waals surface area contributed by atoms with Crippen molar-refractivity contribution in [2.75, 3.05) is 9.80 Å². The predicted octanol–water partition coefficient (Wildman–Crippen LogP) is 18.3. The van der Waals surface area contributed by atoms with Crippen molar-refractivity contribution in [1.29, 1.82) is 0 Å². The zero-order valence-corrected chi connectivity index (χ0v) is 36.7. The fourth-order valence-corrected chi connectivity index (χ4v) is 9.68. The first-order chi connectivity index (χ1) is 33.2. The van der Waals surface area contributed by atoms with Crippen LogP contribution in [0.25, 0.3) is 77.2 Å². The normalized spacial score (nSPS) is 11.3. The van der Waals surface area contributed by atoms with Gasteiger partial charge in [-0.05, 0) is 122 Å². The molecule has 0 saturated carbocycles. The predicted molar refractivity (Wildman–Crippen MR) is 282 cm³/mol. The highest BCUT2D eigenvalue weighted by atomic mass is 16.3. The molecule has 0 N–H and O–H groups in total. The Hall–Kier alpha value is -8.92. The van der Waals surface area contributed by atoms with Crippen LogP contribution in [0.4, 0.5) is 34.1 Å². The highest BCUT2D eigenvalue weighted by molar-refractivity contribution is 6.17. The van der Waals surface area contributed by atoms with Crippen LogP contribution >= 0.6 is 0 Å². The molecule has 3 nitrogen and oxygen atoms in total. The maximum atomic E-state index is 7.07. The average molecular weight is 857 g/mol. The van der Waals surface area contributed by atoms with Crippen LogP contribution in [0.15, 0.2) is 271 Å². The first-order valence-electron chi connectivity index (χ1n) is 22.8. The summed E-state index contributed by atoms with van der Waals surface area (Å²) in [6, 6.07) is 95.5. The zero-order chi connectivity index (χ0) is 44.5. The minimum absolute atomic E-state index is 0.799. The van der Waals surface area contributed by atoms with Gasteiger partial charge in [-0.15, -0.1) is 0 Å². The summed E-state index contributed by atoms with van der Waals surface area (Å²) in [5.41, 5.74) is 17.0. The molecule has 0 aliphatic rings. The molecule has 0 radical (unpaired) electrons. The molecule has 0 amide bonds. The highest BCUT2D eigenvalue weighted by Gasteiger charge is 2.25. The van der Waals surface area contributed by atoms with E-state index in [0.29, 0.717) is 0 Å². The van der Waals surface area contributed by atoms with Crippen molar-refractivity contribution in [3.63, 3.8) is 0 Å². The molecule has 0 unspecified atom stereocenters. The molecule has 0 fully saturated rings. The number of nitrogens with zero attached hydrogens (tertiary/aromatic N) is 2. The quantitative estimate of drug-likeness (QED) is 0.137. The van der Waals surface area contributed by atoms with Crippen molar-refractivity contribution >= 4 is 66.8 Å². The molecule has 0 spiro atoms. The molecule has 67 heavy (non-hydrogen) atoms. The van der Waals surface area contributed by atoms with E-state index >= 15 is 0 Å². The number of para-hydroxylation sites is 2. The van der Waals surface area contributed by atoms with Gasteiger partial charge in [0, 0.05) is 34.2 Å². The maximum Gasteiger partial charge on any atom is 0.139 e. The summed E-state index contributed by atoms with van der Waals surface area (Å²) >= 11 is 0. The van der Waals surface area contributed by atoms with Crippen LogP contribution < -0.4 is 9.80 Å². The number of rotatable bonds is 10. The summed E-state index contributed by atoms with van der Waals surface area (Å²) < 4.78 is 7.07. The van der Waals surface area contributed by atoms with Crippen LogP contribution in [0.5, 0.6) is 0 Å². The van der Waals surface area contributed by atoms with Gasteiger partial charge in [0.05, 0.1) is 16.8 Å². The van der Waals surface area contributed by atoms with Gasteiger partial charge in [-0.25, -0.2) is 0 Å². The van der Waals surface area contributed by atoms with Gasteiger partial charge in [-0.3, -0.25) is 0 Å². The van der Waals surface area contributed by atoms with E-state index in [1.54, 1.807) is 0 Å². The van der Waals surface area contributed by atoms with Gasteiger partial charge in [-0.2, -0.15) is 0 Å². The van der Waals surface area contributed by atoms with Gasteiger partial charge in [-0.1, -0.05) is 194 Å². The number of anilines is 6. The van der Waals surface area contributed by atoms with E-state index in [2.05, 4.69) is 277 Å². The van der Waals surface area contributed by atoms with E-state index < -0.39 is 0 Å². The van der Waals surface area contributed by atoms with Crippen LogP contribution in [-0.2, 0) is 0 Å². The van der Waals surface area contributed by atoms with Gasteiger partial charge in [0.25, 0.3) is 0 Å². The van der Waals surface area contributed by atoms with Gasteiger partial charge in [0.15, 0.2) is 0 Å². The third-order valence-corrected chi connectivity index (χ3v) is 12.8. The number of furan rings is 1. The smallest absolute Gasteiger partial charge is 0.139 e. The summed E-state index contributed by atoms with van der Waals surface area (Å²) in [4.78, 5) is 4.78. The van der Waals surface area contributed by atoms with Gasteiger partial charge in [0.1, 0.15) is 11.2 Å². The van der Waals surface area contributed by atoms with Crippen molar-refractivity contribution in [1.82, 2.24) is 0 Å². The fourth-order valence-electron chi connectivity index (χ4n) is 9.68. The lowest BCUT2D eigenvalue weighted by Crippen LogP contribution is -2.14. The van der Waals surface area contributed by atoms with Crippen molar-refractivity contribution in [2.24, 2.45) is 0 Å². The minimum atomic E-state index is 0.799. The second-order valence-corrected chi connectivity index (χ2v) is 16.9. The van der Waals surface area contributed by atoms with E-state index in [-0.39, 0.29) is 0 Å². The Morgan fingerprint density at radius 1 is 0.254 bits per heavy atom. The van der Waals surface area contributed by atoms with E-state index in [4.69, 9.17) is 4.42 Å². The van der Waals surface area contributed by atoms with Crippen molar-refractivity contribution in [2.45, 2.75) is 0 Å². The molecule has 1 heterocycles. The fraction of sp³-hybridized carbons (Fsp3) is 0. The van der Waals surface area contributed by atoms with Crippen LogP contribution in [0.3, 0.4) is 0 Å². The number of hydrogen-bond donors (Lipinski definition) is 0. The van der Waals surface area contributed by atoms with Gasteiger partial charge in [0.2, 0.25) is 0 Å². The minimum Gasteiger partial charge on any atom is -0.456 e. The van der Waals surface area contributed by atoms with Crippen molar-refractivity contribution < 1.29 is 4.42 Å². The van der Waals surface area contributed by atoms with Crippen LogP contribution in [-0.4, -0.2) is 0 Å². The molecule has 0 aliphatic carbocycles. The van der Waals surface area contributed by atoms with Crippen LogP contribution in [0.2, 0.25) is 0 Å². The lowest BCUT2D eigenvalue weighted by atomic mass is 9.93. The monoisotopic (exact) mass is 856 g/mol. The summed E-state index contributed by atoms with van der Waals surface area (Å²) in [6.07, 6.45) is 0. The Labute approximate surface area is 390 Å². The van der Waals surface area contributed by atoms with Crippen molar-refractivity contribution in [3.8, 4) is 44.5 Å². The standard InChI is InChI=1S/C64H44N2O/c1-7-21-45(22-8-1)56-37-35-53(41-58(56)47-25-11-3-12-26-47)65(51-31-15-5-16-32-51)55-43-61(64-60-39-49-29-19-20-30-50(49)40-62(60)67-63(64)44-55)66(52-33-17-6-18-34-52)54-36-38-57(46-23-9-2-10-24-46)59(42-54)48-27-13-4-14-28-48/h1-44H. The third-order valence-electron chi connectivity index (χ3n) is 12.8. The second-order valence-electron chi connectivity index (χ2n) is 16.9. The largest absolute Gasteiger partial charge is 0.456 e. The molecule has 0 saturated heterocycles. The van der Waals surface area contributed by atoms with E-state index in [0.717, 1.165) is 89.1 Å². The lowest BCUT2D eigenvalue weighted by molar-refractivity contribution is 0.669. The molecule has 3 heteroatoms. The SMILES string of the molecule is c1ccc(-c2ccc(N(c3ccccc3)c3cc(N(c4ccccc4)c4ccc(-c5ccccc5)c(-c5ccccc5)c4)c4c(c3)oc3cc5ccccc5cc34)cc2-c2ccccc2)cc1. The maximum absolute atomic E-state index is 7.07. The molecule has 11 aromatic carbocycles. The Morgan fingerprint density at radius 3 is 1.15 bits per heavy atom. The van der Waals surface area contributed by atoms with Crippen LogP contribution in [0.1, 0.15) is 0 Å². The Balaban J connectivity index is 1.15. The average Bonchev–Trinajstić information content (AvgIpc) is 3.77. The third kappa shape index (κ3) is 7.49. The van der Waals surface area contributed by atoms with Gasteiger partial charge < -0.3 is 14.2 Å². The summed E-state index contributed by atoms with van der Waals surface area (Å²) in [7, 11) is 0. The second kappa shape index (κ2) is 17.2.